The van der Waals surface area contributed by atoms with Crippen molar-refractivity contribution in [2.45, 2.75) is 33.2 Å². The Balaban J connectivity index is 1.90. The van der Waals surface area contributed by atoms with Crippen LogP contribution in [0.25, 0.3) is 0 Å². The molecule has 0 bridgehead atoms. The van der Waals surface area contributed by atoms with E-state index >= 15 is 0 Å². The molecule has 4 rings (SSSR count). The molecule has 0 radical (unpaired) electrons. The third-order valence-corrected chi connectivity index (χ3v) is 5.39. The Morgan fingerprint density at radius 1 is 1.19 bits per heavy atom. The van der Waals surface area contributed by atoms with Gasteiger partial charge in [0.1, 0.15) is 5.75 Å². The van der Waals surface area contributed by atoms with Gasteiger partial charge in [-0.05, 0) is 75.7 Å². The molecule has 0 spiro atoms. The molecule has 1 N–H and O–H groups in total. The highest BCUT2D eigenvalue weighted by Gasteiger charge is 2.24. The maximum atomic E-state index is 5.77. The average Bonchev–Trinajstić information content (AvgIpc) is 2.80. The van der Waals surface area contributed by atoms with E-state index in [0.29, 0.717) is 12.6 Å². The number of hydrogen-bond acceptors (Lipinski definition) is 4. The Labute approximate surface area is 161 Å². The maximum absolute atomic E-state index is 5.77. The van der Waals surface area contributed by atoms with E-state index in [1.807, 2.05) is 13.0 Å². The van der Waals surface area contributed by atoms with Crippen LogP contribution in [-0.2, 0) is 0 Å². The van der Waals surface area contributed by atoms with Crippen molar-refractivity contribution in [2.24, 2.45) is 4.99 Å². The summed E-state index contributed by atoms with van der Waals surface area (Å²) in [6.45, 7) is 8.06. The maximum Gasteiger partial charge on any atom is 0.120 e. The molecule has 0 saturated heterocycles. The second-order valence-electron chi connectivity index (χ2n) is 7.41. The predicted molar refractivity (Wildman–Crippen MR) is 113 cm³/mol. The number of benzene rings is 2. The van der Waals surface area contributed by atoms with Gasteiger partial charge in [0, 0.05) is 23.8 Å². The lowest BCUT2D eigenvalue weighted by Gasteiger charge is -2.29. The number of ether oxygens (including phenoxy) is 1. The molecule has 0 fully saturated rings. The number of rotatable bonds is 3. The van der Waals surface area contributed by atoms with Gasteiger partial charge in [0.2, 0.25) is 0 Å². The Bertz CT molecular complexity index is 929. The largest absolute Gasteiger partial charge is 0.494 e. The van der Waals surface area contributed by atoms with E-state index in [1.165, 1.54) is 11.1 Å². The summed E-state index contributed by atoms with van der Waals surface area (Å²) in [6.07, 6.45) is 3.35. The molecule has 2 aromatic carbocycles. The van der Waals surface area contributed by atoms with E-state index in [9.17, 15) is 0 Å². The summed E-state index contributed by atoms with van der Waals surface area (Å²) in [4.78, 5) is 7.51. The lowest BCUT2D eigenvalue weighted by molar-refractivity contribution is 0.288. The number of nitrogens with one attached hydrogen (secondary N) is 1. The summed E-state index contributed by atoms with van der Waals surface area (Å²) in [7, 11) is 2.17. The molecule has 4 nitrogen and oxygen atoms in total. The first-order valence-corrected chi connectivity index (χ1v) is 9.70. The minimum absolute atomic E-state index is 0.406. The highest BCUT2D eigenvalue weighted by Crippen LogP contribution is 2.38. The molecule has 27 heavy (non-hydrogen) atoms. The fourth-order valence-corrected chi connectivity index (χ4v) is 3.69. The van der Waals surface area contributed by atoms with E-state index in [1.54, 1.807) is 0 Å². The van der Waals surface area contributed by atoms with Crippen LogP contribution in [0.5, 0.6) is 5.75 Å². The monoisotopic (exact) mass is 361 g/mol. The molecule has 0 aromatic heterocycles. The first kappa shape index (κ1) is 17.8. The lowest BCUT2D eigenvalue weighted by atomic mass is 9.93. The lowest BCUT2D eigenvalue weighted by Crippen LogP contribution is -2.33. The molecule has 0 aliphatic carbocycles. The van der Waals surface area contributed by atoms with Crippen LogP contribution in [-0.4, -0.2) is 36.9 Å². The van der Waals surface area contributed by atoms with Gasteiger partial charge in [-0.15, -0.1) is 0 Å². The summed E-state index contributed by atoms with van der Waals surface area (Å²) < 4.78 is 5.77. The molecule has 2 aliphatic rings. The van der Waals surface area contributed by atoms with Gasteiger partial charge in [-0.3, -0.25) is 4.90 Å². The van der Waals surface area contributed by atoms with Gasteiger partial charge in [0.25, 0.3) is 0 Å². The van der Waals surface area contributed by atoms with E-state index in [-0.39, 0.29) is 0 Å². The number of likely N-dealkylation sites (N-methyl/N-ethyl adjacent to an activating group) is 1. The molecule has 4 heteroatoms. The predicted octanol–water partition coefficient (Wildman–Crippen LogP) is 5.22. The summed E-state index contributed by atoms with van der Waals surface area (Å²) in [5.74, 6) is 0.884. The first-order chi connectivity index (χ1) is 13.0. The third-order valence-electron chi connectivity index (χ3n) is 5.39. The van der Waals surface area contributed by atoms with E-state index in [2.05, 4.69) is 67.5 Å². The number of nitrogens with zero attached hydrogens (tertiary/aromatic N) is 2. The number of aliphatic imine (C=N–C) groups is 1. The summed E-state index contributed by atoms with van der Waals surface area (Å²) in [5, 5.41) is 3.58. The first-order valence-electron chi connectivity index (χ1n) is 9.70. The van der Waals surface area contributed by atoms with Crippen LogP contribution in [0.4, 0.5) is 17.1 Å². The van der Waals surface area contributed by atoms with Gasteiger partial charge in [-0.1, -0.05) is 12.1 Å². The van der Waals surface area contributed by atoms with Crippen molar-refractivity contribution in [3.63, 3.8) is 0 Å². The molecule has 2 heterocycles. The molecule has 1 atom stereocenters. The standard InChI is InChI=1S/C23H27N3O/c1-5-27-18-7-9-20-19(14-18)23(17-10-11-26(4)16(3)13-17)25-22-12-15(2)6-8-21(22)24-20/h6-9,12-14,16,24H,5,10-11H2,1-4H3/t16-/m0/s1. The second-order valence-corrected chi connectivity index (χ2v) is 7.41. The van der Waals surface area contributed by atoms with Gasteiger partial charge in [0.15, 0.2) is 0 Å². The van der Waals surface area contributed by atoms with Crippen molar-refractivity contribution in [1.82, 2.24) is 4.90 Å². The van der Waals surface area contributed by atoms with E-state index < -0.39 is 0 Å². The van der Waals surface area contributed by atoms with Crippen molar-refractivity contribution in [3.05, 3.63) is 59.2 Å². The summed E-state index contributed by atoms with van der Waals surface area (Å²) in [6, 6.07) is 13.0. The normalized spacial score (nSPS) is 19.2. The average molecular weight is 361 g/mol. The zero-order chi connectivity index (χ0) is 19.0. The van der Waals surface area contributed by atoms with Crippen LogP contribution in [0.2, 0.25) is 0 Å². The molecule has 2 aromatic rings. The van der Waals surface area contributed by atoms with Crippen molar-refractivity contribution < 1.29 is 4.74 Å². The number of hydrogen-bond donors (Lipinski definition) is 1. The number of fused-ring (bicyclic) bond motifs is 2. The van der Waals surface area contributed by atoms with Gasteiger partial charge in [-0.2, -0.15) is 0 Å². The van der Waals surface area contributed by atoms with Gasteiger partial charge in [-0.25, -0.2) is 4.99 Å². The van der Waals surface area contributed by atoms with Crippen LogP contribution in [0, 0.1) is 6.92 Å². The van der Waals surface area contributed by atoms with Crippen LogP contribution < -0.4 is 10.1 Å². The summed E-state index contributed by atoms with van der Waals surface area (Å²) >= 11 is 0. The van der Waals surface area contributed by atoms with Crippen molar-refractivity contribution in [2.75, 3.05) is 25.5 Å². The zero-order valence-electron chi connectivity index (χ0n) is 16.5. The van der Waals surface area contributed by atoms with Crippen LogP contribution >= 0.6 is 0 Å². The molecule has 0 saturated carbocycles. The Morgan fingerprint density at radius 3 is 2.78 bits per heavy atom. The fraction of sp³-hybridized carbons (Fsp3) is 0.348. The number of aryl methyl sites for hydroxylation is 1. The second kappa shape index (κ2) is 7.20. The quantitative estimate of drug-likeness (QED) is 0.814. The number of anilines is 2. The molecule has 2 aliphatic heterocycles. The minimum atomic E-state index is 0.406. The highest BCUT2D eigenvalue weighted by atomic mass is 16.5. The topological polar surface area (TPSA) is 36.9 Å². The van der Waals surface area contributed by atoms with E-state index in [0.717, 1.165) is 47.1 Å². The fourth-order valence-electron chi connectivity index (χ4n) is 3.69. The Hall–Kier alpha value is -2.59. The van der Waals surface area contributed by atoms with Crippen LogP contribution in [0.15, 0.2) is 53.0 Å². The smallest absolute Gasteiger partial charge is 0.120 e. The Kier molecular flexibility index (Phi) is 4.75. The van der Waals surface area contributed by atoms with Crippen LogP contribution in [0.1, 0.15) is 31.4 Å². The molecular weight excluding hydrogens is 334 g/mol. The van der Waals surface area contributed by atoms with Crippen molar-refractivity contribution in [3.8, 4) is 5.75 Å². The molecule has 0 amide bonds. The minimum Gasteiger partial charge on any atom is -0.494 e. The SMILES string of the molecule is CCOc1ccc2c(c1)C(C1=C[C@H](C)N(C)CC1)=Nc1cc(C)ccc1N2. The summed E-state index contributed by atoms with van der Waals surface area (Å²) in [5.41, 5.74) is 7.81. The Morgan fingerprint density at radius 2 is 2.00 bits per heavy atom. The van der Waals surface area contributed by atoms with E-state index in [4.69, 9.17) is 9.73 Å². The van der Waals surface area contributed by atoms with Gasteiger partial charge in [0.05, 0.1) is 23.7 Å². The highest BCUT2D eigenvalue weighted by molar-refractivity contribution is 6.18. The van der Waals surface area contributed by atoms with Gasteiger partial charge >= 0.3 is 0 Å². The molecule has 140 valence electrons. The third kappa shape index (κ3) is 3.50. The van der Waals surface area contributed by atoms with Crippen molar-refractivity contribution in [1.29, 1.82) is 0 Å². The molecule has 0 unspecified atom stereocenters. The molecular formula is C23H27N3O. The zero-order valence-corrected chi connectivity index (χ0v) is 16.5. The van der Waals surface area contributed by atoms with Crippen molar-refractivity contribution >= 4 is 22.8 Å². The van der Waals surface area contributed by atoms with Crippen LogP contribution in [0.3, 0.4) is 0 Å². The van der Waals surface area contributed by atoms with Gasteiger partial charge < -0.3 is 10.1 Å².